The normalized spacial score (nSPS) is 38.0. The Morgan fingerprint density at radius 1 is 1.15 bits per heavy atom. The summed E-state index contributed by atoms with van der Waals surface area (Å²) >= 11 is 12.4. The third-order valence-corrected chi connectivity index (χ3v) is 10.2. The lowest BCUT2D eigenvalue weighted by Gasteiger charge is -2.59. The molecule has 33 heavy (non-hydrogen) atoms. The van der Waals surface area contributed by atoms with E-state index in [1.807, 2.05) is 7.05 Å². The van der Waals surface area contributed by atoms with Crippen LogP contribution in [0.5, 0.6) is 0 Å². The summed E-state index contributed by atoms with van der Waals surface area (Å²) in [5, 5.41) is 3.80. The van der Waals surface area contributed by atoms with Crippen LogP contribution in [-0.4, -0.2) is 23.8 Å². The van der Waals surface area contributed by atoms with E-state index in [1.54, 1.807) is 23.1 Å². The molecule has 178 valence electrons. The van der Waals surface area contributed by atoms with Crippen molar-refractivity contribution in [3.05, 3.63) is 39.5 Å². The molecule has 0 spiro atoms. The number of rotatable bonds is 2. The molecule has 0 bridgehead atoms. The zero-order valence-electron chi connectivity index (χ0n) is 20.0. The van der Waals surface area contributed by atoms with Crippen molar-refractivity contribution in [3.8, 4) is 0 Å². The maximum absolute atomic E-state index is 13.4. The Morgan fingerprint density at radius 3 is 2.67 bits per heavy atom. The van der Waals surface area contributed by atoms with E-state index in [4.69, 9.17) is 23.2 Å². The molecule has 6 atom stereocenters. The predicted octanol–water partition coefficient (Wildman–Crippen LogP) is 6.93. The van der Waals surface area contributed by atoms with Gasteiger partial charge in [-0.2, -0.15) is 0 Å². The molecule has 3 aliphatic carbocycles. The lowest BCUT2D eigenvalue weighted by molar-refractivity contribution is -0.147. The van der Waals surface area contributed by atoms with E-state index in [9.17, 15) is 9.59 Å². The lowest BCUT2D eigenvalue weighted by atomic mass is 9.48. The minimum atomic E-state index is -0.734. The van der Waals surface area contributed by atoms with E-state index in [2.05, 4.69) is 26.1 Å². The molecule has 1 heterocycles. The average Bonchev–Trinajstić information content (AvgIpc) is 3.15. The Kier molecular flexibility index (Phi) is 5.64. The van der Waals surface area contributed by atoms with Gasteiger partial charge in [-0.3, -0.25) is 9.59 Å². The van der Waals surface area contributed by atoms with Crippen molar-refractivity contribution in [1.82, 2.24) is 4.90 Å². The lowest BCUT2D eigenvalue weighted by Crippen LogP contribution is -2.57. The molecule has 0 radical (unpaired) electrons. The highest BCUT2D eigenvalue weighted by molar-refractivity contribution is 6.35. The summed E-state index contributed by atoms with van der Waals surface area (Å²) in [4.78, 5) is 28.6. The van der Waals surface area contributed by atoms with Gasteiger partial charge in [0.2, 0.25) is 11.8 Å². The van der Waals surface area contributed by atoms with Gasteiger partial charge in [0.15, 0.2) is 0 Å². The van der Waals surface area contributed by atoms with Crippen LogP contribution in [0.1, 0.15) is 65.7 Å². The molecule has 1 aromatic rings. The highest BCUT2D eigenvalue weighted by Crippen LogP contribution is 2.65. The topological polar surface area (TPSA) is 49.4 Å². The van der Waals surface area contributed by atoms with Crippen LogP contribution in [-0.2, 0) is 9.59 Å². The van der Waals surface area contributed by atoms with Gasteiger partial charge >= 0.3 is 0 Å². The first-order valence-corrected chi connectivity index (χ1v) is 13.0. The van der Waals surface area contributed by atoms with Crippen molar-refractivity contribution in [2.24, 2.45) is 34.5 Å². The highest BCUT2D eigenvalue weighted by atomic mass is 35.5. The number of piperidine rings is 1. The van der Waals surface area contributed by atoms with E-state index < -0.39 is 5.92 Å². The fourth-order valence-electron chi connectivity index (χ4n) is 8.26. The van der Waals surface area contributed by atoms with Gasteiger partial charge in [0.05, 0.1) is 10.7 Å². The number of halogens is 2. The van der Waals surface area contributed by atoms with E-state index in [-0.39, 0.29) is 17.2 Å². The second-order valence-corrected chi connectivity index (χ2v) is 12.3. The average molecular weight is 489 g/mol. The number of hydrogen-bond acceptors (Lipinski definition) is 2. The van der Waals surface area contributed by atoms with Crippen LogP contribution < -0.4 is 5.32 Å². The summed E-state index contributed by atoms with van der Waals surface area (Å²) < 4.78 is 0. The first-order chi connectivity index (χ1) is 15.5. The van der Waals surface area contributed by atoms with E-state index in [1.165, 1.54) is 43.4 Å². The second kappa shape index (κ2) is 8.02. The summed E-state index contributed by atoms with van der Waals surface area (Å²) in [5.74, 6) is 0.753. The Bertz CT molecular complexity index is 1050. The molecule has 1 N–H and O–H groups in total. The van der Waals surface area contributed by atoms with Crippen molar-refractivity contribution in [2.45, 2.75) is 65.7 Å². The fraction of sp³-hybridized carbons (Fsp3) is 0.630. The molecule has 2 saturated carbocycles. The number of carbonyl (C=O) groups is 2. The van der Waals surface area contributed by atoms with Crippen LogP contribution >= 0.6 is 23.2 Å². The van der Waals surface area contributed by atoms with Crippen molar-refractivity contribution in [3.63, 3.8) is 0 Å². The van der Waals surface area contributed by atoms with Crippen LogP contribution in [0.25, 0.3) is 0 Å². The van der Waals surface area contributed by atoms with Crippen molar-refractivity contribution < 1.29 is 9.59 Å². The Hall–Kier alpha value is -1.52. The summed E-state index contributed by atoms with van der Waals surface area (Å²) in [6.07, 6.45) is 8.08. The summed E-state index contributed by atoms with van der Waals surface area (Å²) in [7, 11) is 1.86. The van der Waals surface area contributed by atoms with Gasteiger partial charge in [-0.25, -0.2) is 0 Å². The molecule has 4 aliphatic rings. The van der Waals surface area contributed by atoms with Crippen molar-refractivity contribution >= 4 is 40.7 Å². The molecule has 5 rings (SSSR count). The van der Waals surface area contributed by atoms with Crippen LogP contribution in [0.2, 0.25) is 10.0 Å². The Balaban J connectivity index is 1.48. The quantitative estimate of drug-likeness (QED) is 0.458. The number of allylic oxidation sites excluding steroid dienone is 2. The predicted molar refractivity (Wildman–Crippen MR) is 133 cm³/mol. The summed E-state index contributed by atoms with van der Waals surface area (Å²) in [6.45, 7) is 7.02. The second-order valence-electron chi connectivity index (χ2n) is 11.5. The highest BCUT2D eigenvalue weighted by Gasteiger charge is 2.60. The van der Waals surface area contributed by atoms with Crippen LogP contribution in [0.4, 0.5) is 5.69 Å². The minimum absolute atomic E-state index is 0.127. The maximum atomic E-state index is 13.4. The molecular formula is C27H34Cl2N2O2. The maximum Gasteiger partial charge on any atom is 0.239 e. The summed E-state index contributed by atoms with van der Waals surface area (Å²) in [6, 6.07) is 4.98. The SMILES string of the molecule is CC1=C2N(C)C(=O)C(C(=O)Nc3cc(Cl)ccc3Cl)C[C@]2(C)[C@@H]2CC[C@]3(C)CCC[C@H]3[C@@H]2C1. The molecule has 6 heteroatoms. The zero-order valence-corrected chi connectivity index (χ0v) is 21.5. The fourth-order valence-corrected chi connectivity index (χ4v) is 8.60. The minimum Gasteiger partial charge on any atom is -0.324 e. The van der Waals surface area contributed by atoms with Crippen molar-refractivity contribution in [2.75, 3.05) is 12.4 Å². The smallest absolute Gasteiger partial charge is 0.239 e. The van der Waals surface area contributed by atoms with Crippen LogP contribution in [0.3, 0.4) is 0 Å². The number of carbonyl (C=O) groups excluding carboxylic acids is 2. The van der Waals surface area contributed by atoms with Crippen molar-refractivity contribution in [1.29, 1.82) is 0 Å². The largest absolute Gasteiger partial charge is 0.324 e. The van der Waals surface area contributed by atoms with Gasteiger partial charge in [0.25, 0.3) is 0 Å². The standard InChI is InChI=1S/C27H34Cl2N2O2/c1-15-12-17-19-6-5-10-26(19,2)11-9-20(17)27(3)14-18(25(33)31(4)23(15)27)24(32)30-22-13-16(28)7-8-21(22)29/h7-8,13,17-20H,5-6,9-12,14H2,1-4H3,(H,30,32)/t17-,18?,19-,20+,26-,27+/m0/s1. The van der Waals surface area contributed by atoms with Gasteiger partial charge in [0.1, 0.15) is 5.92 Å². The third-order valence-electron chi connectivity index (χ3n) is 9.62. The molecule has 3 fully saturated rings. The molecule has 1 unspecified atom stereocenters. The first-order valence-electron chi connectivity index (χ1n) is 12.3. The van der Waals surface area contributed by atoms with E-state index in [0.717, 1.165) is 12.3 Å². The number of nitrogens with zero attached hydrogens (tertiary/aromatic N) is 1. The van der Waals surface area contributed by atoms with E-state index >= 15 is 0 Å². The first kappa shape index (κ1) is 23.2. The number of amides is 2. The molecule has 1 saturated heterocycles. The van der Waals surface area contributed by atoms with Crippen LogP contribution in [0, 0.1) is 34.5 Å². The molecular weight excluding hydrogens is 455 g/mol. The number of benzene rings is 1. The molecule has 2 amide bonds. The Labute approximate surface area is 207 Å². The van der Waals surface area contributed by atoms with Gasteiger partial charge in [-0.15, -0.1) is 0 Å². The van der Waals surface area contributed by atoms with Gasteiger partial charge in [-0.05, 0) is 86.8 Å². The number of anilines is 1. The van der Waals surface area contributed by atoms with E-state index in [0.29, 0.717) is 39.4 Å². The molecule has 1 aliphatic heterocycles. The molecule has 1 aromatic carbocycles. The van der Waals surface area contributed by atoms with Gasteiger partial charge in [0, 0.05) is 23.2 Å². The Morgan fingerprint density at radius 2 is 1.91 bits per heavy atom. The summed E-state index contributed by atoms with van der Waals surface area (Å²) in [5.41, 5.74) is 3.24. The number of likely N-dealkylation sites (tertiary alicyclic amines) is 1. The van der Waals surface area contributed by atoms with Gasteiger partial charge in [-0.1, -0.05) is 49.0 Å². The third kappa shape index (κ3) is 3.55. The monoisotopic (exact) mass is 488 g/mol. The molecule has 0 aromatic heterocycles. The van der Waals surface area contributed by atoms with Gasteiger partial charge < -0.3 is 10.2 Å². The number of hydrogen-bond donors (Lipinski definition) is 1. The molecule has 4 nitrogen and oxygen atoms in total. The van der Waals surface area contributed by atoms with Crippen LogP contribution in [0.15, 0.2) is 29.5 Å². The zero-order chi connectivity index (χ0) is 23.7. The number of fused-ring (bicyclic) bond motifs is 5. The number of nitrogens with one attached hydrogen (secondary N) is 1.